The van der Waals surface area contributed by atoms with Crippen LogP contribution < -0.4 is 33.7 Å². The third kappa shape index (κ3) is 8.34. The summed E-state index contributed by atoms with van der Waals surface area (Å²) in [5.41, 5.74) is 1.90. The minimum absolute atomic E-state index is 0.212. The third-order valence-electron chi connectivity index (χ3n) is 6.00. The van der Waals surface area contributed by atoms with Gasteiger partial charge in [-0.3, -0.25) is 33.6 Å². The molecule has 0 atom stereocenters. The van der Waals surface area contributed by atoms with Gasteiger partial charge in [0.25, 0.3) is 16.7 Å². The fourth-order valence-electron chi connectivity index (χ4n) is 2.88. The third-order valence-corrected chi connectivity index (χ3v) is 6.00. The van der Waals surface area contributed by atoms with E-state index in [9.17, 15) is 28.8 Å². The highest BCUT2D eigenvalue weighted by Crippen LogP contribution is 1.94. The van der Waals surface area contributed by atoms with Crippen LogP contribution in [0.4, 0.5) is 0 Å². The number of aromatic amines is 4. The Bertz CT molecular complexity index is 1740. The maximum absolute atomic E-state index is 11.3. The molecule has 212 valence electrons. The van der Waals surface area contributed by atoms with E-state index < -0.39 is 5.69 Å². The average molecular weight is 546 g/mol. The molecular weight excluding hydrogens is 510 g/mol. The molecule has 4 rings (SSSR count). The van der Waals surface area contributed by atoms with E-state index in [1.165, 1.54) is 25.0 Å². The highest BCUT2D eigenvalue weighted by Gasteiger charge is 2.06. The Morgan fingerprint density at radius 3 is 1.64 bits per heavy atom. The summed E-state index contributed by atoms with van der Waals surface area (Å²) >= 11 is 0. The first-order valence-electron chi connectivity index (χ1n) is 11.6. The zero-order valence-electron chi connectivity index (χ0n) is 23.8. The number of rotatable bonds is 0. The molecule has 4 aromatic heterocycles. The quantitative estimate of drug-likeness (QED) is 0.219. The maximum Gasteiger partial charge on any atom is 0.330 e. The van der Waals surface area contributed by atoms with Crippen molar-refractivity contribution >= 4 is 0 Å². The second kappa shape index (κ2) is 13.6. The minimum atomic E-state index is -0.451. The monoisotopic (exact) mass is 545 g/mol. The lowest BCUT2D eigenvalue weighted by atomic mass is 10.2. The Kier molecular flexibility index (Phi) is 11.3. The molecule has 0 spiro atoms. The van der Waals surface area contributed by atoms with Gasteiger partial charge in [-0.1, -0.05) is 0 Å². The molecule has 0 aliphatic rings. The molecule has 0 aromatic carbocycles. The second-order valence-corrected chi connectivity index (χ2v) is 8.69. The summed E-state index contributed by atoms with van der Waals surface area (Å²) in [5, 5.41) is 6.22. The Balaban J connectivity index is 0.000000266. The van der Waals surface area contributed by atoms with Crippen LogP contribution in [0, 0.1) is 48.5 Å². The number of hydrogen-bond acceptors (Lipinski definition) is 8. The van der Waals surface area contributed by atoms with E-state index in [0.717, 1.165) is 20.7 Å². The molecule has 15 heteroatoms. The molecule has 0 amide bonds. The minimum Gasteiger partial charge on any atom is -0.311 e. The topological polar surface area (TPSA) is 206 Å². The van der Waals surface area contributed by atoms with Crippen LogP contribution in [0.5, 0.6) is 0 Å². The SMILES string of the molecule is Cc1[nH]c(=O)[nH]c(=O)c1C.Cc1[nH]c(=O)n(C)c(=O)c1C.Cc1c(C)n(C)c(=O)n(C)c1=O.Cc1ncn[nH]1. The van der Waals surface area contributed by atoms with Crippen LogP contribution in [0.3, 0.4) is 0 Å². The second-order valence-electron chi connectivity index (χ2n) is 8.69. The molecule has 0 aliphatic carbocycles. The van der Waals surface area contributed by atoms with Gasteiger partial charge in [-0.15, -0.1) is 0 Å². The van der Waals surface area contributed by atoms with E-state index in [-0.39, 0.29) is 28.1 Å². The summed E-state index contributed by atoms with van der Waals surface area (Å²) in [4.78, 5) is 76.9. The van der Waals surface area contributed by atoms with Crippen molar-refractivity contribution < 1.29 is 0 Å². The lowest BCUT2D eigenvalue weighted by Gasteiger charge is -2.07. The van der Waals surface area contributed by atoms with Crippen molar-refractivity contribution in [1.29, 1.82) is 0 Å². The van der Waals surface area contributed by atoms with Gasteiger partial charge in [0.05, 0.1) is 0 Å². The van der Waals surface area contributed by atoms with E-state index in [0.29, 0.717) is 28.1 Å². The molecule has 0 saturated heterocycles. The number of nitrogens with zero attached hydrogens (tertiary/aromatic N) is 5. The predicted octanol–water partition coefficient (Wildman–Crippen LogP) is -0.816. The van der Waals surface area contributed by atoms with Gasteiger partial charge in [0.15, 0.2) is 0 Å². The molecule has 4 N–H and O–H groups in total. The Morgan fingerprint density at radius 2 is 1.18 bits per heavy atom. The van der Waals surface area contributed by atoms with Crippen LogP contribution in [-0.2, 0) is 21.1 Å². The summed E-state index contributed by atoms with van der Waals surface area (Å²) in [6.45, 7) is 12.1. The van der Waals surface area contributed by atoms with Gasteiger partial charge < -0.3 is 14.5 Å². The molecule has 0 unspecified atom stereocenters. The largest absolute Gasteiger partial charge is 0.330 e. The first-order chi connectivity index (χ1) is 18.0. The van der Waals surface area contributed by atoms with Gasteiger partial charge in [0.2, 0.25) is 0 Å². The van der Waals surface area contributed by atoms with Gasteiger partial charge in [-0.25, -0.2) is 19.4 Å². The molecule has 0 saturated carbocycles. The predicted molar refractivity (Wildman–Crippen MR) is 146 cm³/mol. The van der Waals surface area contributed by atoms with Gasteiger partial charge in [-0.05, 0) is 48.5 Å². The van der Waals surface area contributed by atoms with Crippen LogP contribution in [0.15, 0.2) is 35.1 Å². The summed E-state index contributed by atoms with van der Waals surface area (Å²) in [6.07, 6.45) is 1.48. The molecular formula is C24H35N9O6. The molecule has 15 nitrogen and oxygen atoms in total. The highest BCUT2D eigenvalue weighted by atomic mass is 16.2. The number of nitrogens with one attached hydrogen (secondary N) is 4. The zero-order valence-corrected chi connectivity index (χ0v) is 23.8. The molecule has 0 fully saturated rings. The van der Waals surface area contributed by atoms with Crippen LogP contribution >= 0.6 is 0 Å². The highest BCUT2D eigenvalue weighted by molar-refractivity contribution is 5.14. The van der Waals surface area contributed by atoms with Crippen molar-refractivity contribution in [1.82, 2.24) is 43.8 Å². The van der Waals surface area contributed by atoms with Crippen molar-refractivity contribution in [2.45, 2.75) is 48.5 Å². The van der Waals surface area contributed by atoms with Crippen molar-refractivity contribution in [3.63, 3.8) is 0 Å². The molecule has 0 aliphatic heterocycles. The van der Waals surface area contributed by atoms with Crippen molar-refractivity contribution in [3.05, 3.63) is 108 Å². The summed E-state index contributed by atoms with van der Waals surface area (Å²) < 4.78 is 3.64. The van der Waals surface area contributed by atoms with E-state index in [1.807, 2.05) is 6.92 Å². The number of H-pyrrole nitrogens is 4. The normalized spacial score (nSPS) is 9.90. The van der Waals surface area contributed by atoms with E-state index >= 15 is 0 Å². The van der Waals surface area contributed by atoms with Crippen LogP contribution in [0.2, 0.25) is 0 Å². The fourth-order valence-corrected chi connectivity index (χ4v) is 2.88. The standard InChI is InChI=1S/C8H12N2O2.C7H10N2O2.C6H8N2O2.C3H5N3/c1-5-6(2)9(3)8(12)10(4)7(5)11;1-4-5(2)8-7(11)9(3)6(4)10;1-3-4(2)7-6(10)8-5(3)9;1-3-4-2-5-6-3/h1-4H3;1-3H3,(H,8,11);1-2H3,(H2,7,8,9,10);2H,1H3,(H,4,5,6). The fraction of sp³-hybridized carbons (Fsp3) is 0.417. The van der Waals surface area contributed by atoms with E-state index in [1.54, 1.807) is 48.6 Å². The van der Waals surface area contributed by atoms with Gasteiger partial charge in [-0.2, -0.15) is 5.10 Å². The van der Waals surface area contributed by atoms with Crippen molar-refractivity contribution in [2.75, 3.05) is 0 Å². The van der Waals surface area contributed by atoms with Gasteiger partial charge in [0, 0.05) is 54.9 Å². The molecule has 4 aromatic rings. The number of aryl methyl sites for hydroxylation is 3. The van der Waals surface area contributed by atoms with E-state index in [2.05, 4.69) is 30.1 Å². The van der Waals surface area contributed by atoms with Crippen molar-refractivity contribution in [3.8, 4) is 0 Å². The molecule has 4 heterocycles. The van der Waals surface area contributed by atoms with Crippen LogP contribution in [0.25, 0.3) is 0 Å². The first-order valence-corrected chi connectivity index (χ1v) is 11.6. The summed E-state index contributed by atoms with van der Waals surface area (Å²) in [5.74, 6) is 0.856. The summed E-state index contributed by atoms with van der Waals surface area (Å²) in [7, 11) is 4.59. The maximum atomic E-state index is 11.3. The summed E-state index contributed by atoms with van der Waals surface area (Å²) in [6, 6.07) is 0. The average Bonchev–Trinajstić information content (AvgIpc) is 3.38. The van der Waals surface area contributed by atoms with Crippen LogP contribution in [-0.4, -0.2) is 43.8 Å². The Hall–Kier alpha value is -4.82. The lowest BCUT2D eigenvalue weighted by molar-refractivity contribution is 0.658. The number of hydrogen-bond donors (Lipinski definition) is 4. The molecule has 0 radical (unpaired) electrons. The van der Waals surface area contributed by atoms with Crippen molar-refractivity contribution in [2.24, 2.45) is 21.1 Å². The van der Waals surface area contributed by atoms with Crippen LogP contribution in [0.1, 0.15) is 39.6 Å². The first kappa shape index (κ1) is 32.2. The van der Waals surface area contributed by atoms with E-state index in [4.69, 9.17) is 0 Å². The van der Waals surface area contributed by atoms with Gasteiger partial charge in [0.1, 0.15) is 12.2 Å². The molecule has 39 heavy (non-hydrogen) atoms. The number of aromatic nitrogens is 9. The molecule has 0 bridgehead atoms. The van der Waals surface area contributed by atoms with Gasteiger partial charge >= 0.3 is 17.1 Å². The smallest absolute Gasteiger partial charge is 0.311 e. The zero-order chi connectivity index (χ0) is 30.2. The lowest BCUT2D eigenvalue weighted by Crippen LogP contribution is -2.39. The Morgan fingerprint density at radius 1 is 0.641 bits per heavy atom. The Labute approximate surface area is 222 Å².